The summed E-state index contributed by atoms with van der Waals surface area (Å²) in [5.74, 6) is -1.08. The molecular weight excluding hydrogens is 436 g/mol. The van der Waals surface area contributed by atoms with E-state index in [0.717, 1.165) is 25.7 Å². The van der Waals surface area contributed by atoms with Crippen LogP contribution >= 0.6 is 0 Å². The molecule has 0 aromatic rings. The van der Waals surface area contributed by atoms with Crippen molar-refractivity contribution in [1.29, 1.82) is 0 Å². The van der Waals surface area contributed by atoms with Crippen molar-refractivity contribution in [2.75, 3.05) is 6.61 Å². The Balaban J connectivity index is 1.63. The van der Waals surface area contributed by atoms with E-state index in [2.05, 4.69) is 13.8 Å². The highest BCUT2D eigenvalue weighted by atomic mass is 16.3. The molecule has 34 heavy (non-hydrogen) atoms. The minimum Gasteiger partial charge on any atom is -0.396 e. The van der Waals surface area contributed by atoms with Gasteiger partial charge in [0, 0.05) is 24.9 Å². The van der Waals surface area contributed by atoms with Crippen LogP contribution in [0.2, 0.25) is 0 Å². The topological polar surface area (TPSA) is 142 Å². The molecule has 0 aromatic carbocycles. The summed E-state index contributed by atoms with van der Waals surface area (Å²) in [5.41, 5.74) is -2.37. The molecule has 4 aliphatic rings. The summed E-state index contributed by atoms with van der Waals surface area (Å²) in [6, 6.07) is 0. The molecule has 0 saturated heterocycles. The van der Waals surface area contributed by atoms with Crippen LogP contribution in [0.5, 0.6) is 0 Å². The largest absolute Gasteiger partial charge is 0.396 e. The van der Waals surface area contributed by atoms with E-state index in [1.807, 2.05) is 13.8 Å². The first-order valence-corrected chi connectivity index (χ1v) is 13.6. The third-order valence-corrected chi connectivity index (χ3v) is 11.2. The summed E-state index contributed by atoms with van der Waals surface area (Å²) in [6.07, 6.45) is 0.372. The molecule has 0 radical (unpaired) electrons. The zero-order valence-electron chi connectivity index (χ0n) is 21.3. The maximum Gasteiger partial charge on any atom is 0.0863 e. The molecule has 4 saturated carbocycles. The van der Waals surface area contributed by atoms with Crippen LogP contribution in [-0.4, -0.2) is 78.5 Å². The lowest BCUT2D eigenvalue weighted by atomic mass is 9.41. The van der Waals surface area contributed by atoms with Gasteiger partial charge in [-0.05, 0) is 66.6 Å². The fourth-order valence-corrected chi connectivity index (χ4v) is 9.69. The van der Waals surface area contributed by atoms with Crippen LogP contribution in [0, 0.1) is 46.3 Å². The lowest BCUT2D eigenvalue weighted by molar-refractivity contribution is -0.280. The number of rotatable bonds is 6. The Bertz CT molecular complexity index is 734. The number of aliphatic hydroxyl groups excluding tert-OH is 6. The van der Waals surface area contributed by atoms with Gasteiger partial charge in [0.15, 0.2) is 0 Å². The summed E-state index contributed by atoms with van der Waals surface area (Å²) in [4.78, 5) is 0. The van der Waals surface area contributed by atoms with Crippen molar-refractivity contribution in [2.24, 2.45) is 46.3 Å². The van der Waals surface area contributed by atoms with Crippen molar-refractivity contribution in [3.8, 4) is 0 Å². The predicted octanol–water partition coefficient (Wildman–Crippen LogP) is 1.44. The van der Waals surface area contributed by atoms with Gasteiger partial charge >= 0.3 is 0 Å². The van der Waals surface area contributed by atoms with Gasteiger partial charge in [0.25, 0.3) is 0 Å². The first-order valence-electron chi connectivity index (χ1n) is 13.6. The molecule has 14 atom stereocenters. The van der Waals surface area contributed by atoms with Gasteiger partial charge in [0.1, 0.15) is 0 Å². The molecule has 198 valence electrons. The molecule has 0 aromatic heterocycles. The lowest BCUT2D eigenvalue weighted by Gasteiger charge is -2.66. The van der Waals surface area contributed by atoms with Crippen molar-refractivity contribution in [3.05, 3.63) is 0 Å². The molecule has 7 nitrogen and oxygen atoms in total. The minimum atomic E-state index is -1.35. The SMILES string of the molecule is C[C@H](CO)CCC[C@@H](C)[C@H]1[C@@H](O)[C@H](O)C2[C@]3(O)C[C@H](O)[C@H]4[C@@H](O)[C@@H](O)CC[C@]4(C)C3CC[C@@]21C. The van der Waals surface area contributed by atoms with Crippen molar-refractivity contribution in [2.45, 2.75) is 115 Å². The molecule has 7 heteroatoms. The average molecular weight is 485 g/mol. The van der Waals surface area contributed by atoms with E-state index in [1.54, 1.807) is 0 Å². The number of hydrogen-bond donors (Lipinski definition) is 7. The molecule has 0 heterocycles. The second-order valence-corrected chi connectivity index (χ2v) is 13.2. The highest BCUT2D eigenvalue weighted by Crippen LogP contribution is 2.69. The van der Waals surface area contributed by atoms with E-state index < -0.39 is 58.8 Å². The molecule has 0 amide bonds. The zero-order valence-corrected chi connectivity index (χ0v) is 21.3. The highest BCUT2D eigenvalue weighted by molar-refractivity contribution is 5.22. The van der Waals surface area contributed by atoms with Crippen LogP contribution in [0.3, 0.4) is 0 Å². The Morgan fingerprint density at radius 1 is 0.824 bits per heavy atom. The Morgan fingerprint density at radius 3 is 2.12 bits per heavy atom. The molecule has 0 spiro atoms. The molecule has 2 unspecified atom stereocenters. The first-order chi connectivity index (χ1) is 15.8. The second kappa shape index (κ2) is 9.23. The van der Waals surface area contributed by atoms with Crippen LogP contribution in [0.1, 0.15) is 79.1 Å². The fraction of sp³-hybridized carbons (Fsp3) is 1.00. The third kappa shape index (κ3) is 3.80. The normalized spacial score (nSPS) is 54.6. The number of hydrogen-bond acceptors (Lipinski definition) is 7. The summed E-state index contributed by atoms with van der Waals surface area (Å²) in [6.45, 7) is 8.44. The Labute approximate surface area is 204 Å². The Kier molecular flexibility index (Phi) is 7.27. The maximum absolute atomic E-state index is 12.3. The molecular formula is C27H48O7. The van der Waals surface area contributed by atoms with E-state index >= 15 is 0 Å². The third-order valence-electron chi connectivity index (χ3n) is 11.2. The van der Waals surface area contributed by atoms with Gasteiger partial charge in [-0.2, -0.15) is 0 Å². The standard InChI is InChI=1S/C27H48O7/c1-14(13-28)6-5-7-15(2)19-22(32)23(33)24-26(19,4)11-9-18-25(3)10-8-16(29)21(31)20(25)17(30)12-27(18,24)34/h14-24,28-34H,5-13H2,1-4H3/t14-,15+,16-,17-,18?,19-,20-,21-,22+,23-,24?,25+,26+,27-/m0/s1. The van der Waals surface area contributed by atoms with Crippen molar-refractivity contribution in [3.63, 3.8) is 0 Å². The number of aliphatic hydroxyl groups is 7. The molecule has 0 bridgehead atoms. The van der Waals surface area contributed by atoms with E-state index in [0.29, 0.717) is 19.3 Å². The predicted molar refractivity (Wildman–Crippen MR) is 128 cm³/mol. The van der Waals surface area contributed by atoms with Crippen LogP contribution in [0.4, 0.5) is 0 Å². The zero-order chi connectivity index (χ0) is 25.2. The first kappa shape index (κ1) is 26.8. The molecule has 7 N–H and O–H groups in total. The van der Waals surface area contributed by atoms with Crippen LogP contribution in [0.25, 0.3) is 0 Å². The highest BCUT2D eigenvalue weighted by Gasteiger charge is 2.73. The van der Waals surface area contributed by atoms with E-state index in [4.69, 9.17) is 0 Å². The smallest absolute Gasteiger partial charge is 0.0863 e. The van der Waals surface area contributed by atoms with Gasteiger partial charge in [-0.15, -0.1) is 0 Å². The maximum atomic E-state index is 12.3. The van der Waals surface area contributed by atoms with Crippen molar-refractivity contribution >= 4 is 0 Å². The quantitative estimate of drug-likeness (QED) is 0.302. The number of fused-ring (bicyclic) bond motifs is 5. The van der Waals surface area contributed by atoms with Crippen molar-refractivity contribution in [1.82, 2.24) is 0 Å². The van der Waals surface area contributed by atoms with Crippen LogP contribution in [0.15, 0.2) is 0 Å². The van der Waals surface area contributed by atoms with Gasteiger partial charge in [-0.3, -0.25) is 0 Å². The van der Waals surface area contributed by atoms with E-state index in [1.165, 1.54) is 0 Å². The van der Waals surface area contributed by atoms with Gasteiger partial charge in [-0.1, -0.05) is 40.5 Å². The molecule has 4 fully saturated rings. The molecule has 0 aliphatic heterocycles. The average Bonchev–Trinajstić information content (AvgIpc) is 2.96. The van der Waals surface area contributed by atoms with Gasteiger partial charge < -0.3 is 35.7 Å². The lowest BCUT2D eigenvalue weighted by Crippen LogP contribution is -2.71. The Morgan fingerprint density at radius 2 is 1.47 bits per heavy atom. The van der Waals surface area contributed by atoms with Gasteiger partial charge in [0.2, 0.25) is 0 Å². The summed E-state index contributed by atoms with van der Waals surface area (Å²) < 4.78 is 0. The second-order valence-electron chi connectivity index (χ2n) is 13.2. The van der Waals surface area contributed by atoms with E-state index in [-0.39, 0.29) is 36.7 Å². The van der Waals surface area contributed by atoms with Crippen molar-refractivity contribution < 1.29 is 35.7 Å². The fourth-order valence-electron chi connectivity index (χ4n) is 9.69. The molecule has 4 rings (SSSR count). The van der Waals surface area contributed by atoms with Gasteiger partial charge in [0.05, 0.1) is 36.1 Å². The monoisotopic (exact) mass is 484 g/mol. The summed E-state index contributed by atoms with van der Waals surface area (Å²) in [7, 11) is 0. The molecule has 4 aliphatic carbocycles. The Hall–Kier alpha value is -0.280. The van der Waals surface area contributed by atoms with Crippen LogP contribution in [-0.2, 0) is 0 Å². The van der Waals surface area contributed by atoms with Crippen LogP contribution < -0.4 is 0 Å². The summed E-state index contributed by atoms with van der Waals surface area (Å²) >= 11 is 0. The van der Waals surface area contributed by atoms with E-state index in [9.17, 15) is 35.7 Å². The minimum absolute atomic E-state index is 0.0425. The van der Waals surface area contributed by atoms with Gasteiger partial charge in [-0.25, -0.2) is 0 Å². The summed E-state index contributed by atoms with van der Waals surface area (Å²) in [5, 5.41) is 76.6.